The molecule has 88 valence electrons. The van der Waals surface area contributed by atoms with Gasteiger partial charge in [0.25, 0.3) is 0 Å². The predicted octanol–water partition coefficient (Wildman–Crippen LogP) is 2.44. The van der Waals surface area contributed by atoms with Crippen molar-refractivity contribution in [3.05, 3.63) is 30.1 Å². The first kappa shape index (κ1) is 12.5. The van der Waals surface area contributed by atoms with Gasteiger partial charge in [0.05, 0.1) is 13.0 Å². The highest BCUT2D eigenvalue weighted by Gasteiger charge is 2.16. The van der Waals surface area contributed by atoms with E-state index in [0.29, 0.717) is 18.7 Å². The number of hydrogen-bond donors (Lipinski definition) is 1. The summed E-state index contributed by atoms with van der Waals surface area (Å²) in [5, 5.41) is 3.01. The van der Waals surface area contributed by atoms with Gasteiger partial charge in [-0.3, -0.25) is 4.79 Å². The maximum absolute atomic E-state index is 12.9. The van der Waals surface area contributed by atoms with E-state index in [1.807, 2.05) is 6.92 Å². The fourth-order valence-corrected chi connectivity index (χ4v) is 1.40. The first-order valence-electron chi connectivity index (χ1n) is 5.24. The number of esters is 1. The van der Waals surface area contributed by atoms with Crippen LogP contribution in [0.1, 0.15) is 13.3 Å². The summed E-state index contributed by atoms with van der Waals surface area (Å²) in [7, 11) is 1.37. The van der Waals surface area contributed by atoms with E-state index in [1.165, 1.54) is 19.2 Å². The molecule has 0 saturated carbocycles. The van der Waals surface area contributed by atoms with Crippen LogP contribution < -0.4 is 5.32 Å². The van der Waals surface area contributed by atoms with E-state index >= 15 is 0 Å². The normalized spacial score (nSPS) is 11.9. The summed E-state index contributed by atoms with van der Waals surface area (Å²) in [6.45, 7) is 2.36. The van der Waals surface area contributed by atoms with Crippen LogP contribution in [0.2, 0.25) is 0 Å². The number of hydrogen-bond acceptors (Lipinski definition) is 3. The molecular weight excluding hydrogens is 209 g/mol. The Balaban J connectivity index is 2.52. The third kappa shape index (κ3) is 3.53. The standard InChI is InChI=1S/C12H16FNO2/c1-3-9(12(15)16-2)8-14-11-6-4-5-10(13)7-11/h4-7,9,14H,3,8H2,1-2H3. The minimum absolute atomic E-state index is 0.201. The molecule has 1 N–H and O–H groups in total. The summed E-state index contributed by atoms with van der Waals surface area (Å²) in [5.74, 6) is -0.740. The number of halogens is 1. The van der Waals surface area contributed by atoms with Crippen molar-refractivity contribution < 1.29 is 13.9 Å². The highest BCUT2D eigenvalue weighted by Crippen LogP contribution is 2.11. The van der Waals surface area contributed by atoms with Crippen LogP contribution in [0.15, 0.2) is 24.3 Å². The second-order valence-corrected chi connectivity index (χ2v) is 3.52. The number of rotatable bonds is 5. The van der Waals surface area contributed by atoms with Crippen molar-refractivity contribution in [3.8, 4) is 0 Å². The maximum atomic E-state index is 12.9. The molecule has 1 aromatic rings. The van der Waals surface area contributed by atoms with E-state index in [2.05, 4.69) is 10.1 Å². The molecule has 0 aliphatic heterocycles. The number of carbonyl (C=O) groups is 1. The smallest absolute Gasteiger partial charge is 0.310 e. The number of nitrogens with one attached hydrogen (secondary N) is 1. The molecule has 1 rings (SSSR count). The van der Waals surface area contributed by atoms with E-state index in [-0.39, 0.29) is 17.7 Å². The van der Waals surface area contributed by atoms with Crippen LogP contribution in [0.25, 0.3) is 0 Å². The van der Waals surface area contributed by atoms with Crippen LogP contribution in [-0.4, -0.2) is 19.6 Å². The molecule has 0 saturated heterocycles. The second kappa shape index (κ2) is 6.10. The summed E-state index contributed by atoms with van der Waals surface area (Å²) >= 11 is 0. The van der Waals surface area contributed by atoms with Crippen molar-refractivity contribution in [2.45, 2.75) is 13.3 Å². The maximum Gasteiger partial charge on any atom is 0.310 e. The lowest BCUT2D eigenvalue weighted by molar-refractivity contribution is -0.145. The number of benzene rings is 1. The Bertz CT molecular complexity index is 355. The van der Waals surface area contributed by atoms with E-state index < -0.39 is 0 Å². The molecule has 1 unspecified atom stereocenters. The number of anilines is 1. The molecule has 0 amide bonds. The zero-order valence-corrected chi connectivity index (χ0v) is 9.50. The van der Waals surface area contributed by atoms with Crippen molar-refractivity contribution in [2.75, 3.05) is 19.0 Å². The van der Waals surface area contributed by atoms with Crippen LogP contribution in [0.3, 0.4) is 0 Å². The average molecular weight is 225 g/mol. The summed E-state index contributed by atoms with van der Waals surface area (Å²) in [5.41, 5.74) is 0.669. The highest BCUT2D eigenvalue weighted by atomic mass is 19.1. The summed E-state index contributed by atoms with van der Waals surface area (Å²) < 4.78 is 17.5. The fourth-order valence-electron chi connectivity index (χ4n) is 1.40. The minimum Gasteiger partial charge on any atom is -0.469 e. The van der Waals surface area contributed by atoms with Gasteiger partial charge >= 0.3 is 5.97 Å². The zero-order chi connectivity index (χ0) is 12.0. The zero-order valence-electron chi connectivity index (χ0n) is 9.50. The van der Waals surface area contributed by atoms with Crippen LogP contribution in [-0.2, 0) is 9.53 Å². The lowest BCUT2D eigenvalue weighted by atomic mass is 10.1. The lowest BCUT2D eigenvalue weighted by Gasteiger charge is -2.14. The third-order valence-corrected chi connectivity index (χ3v) is 2.40. The Hall–Kier alpha value is -1.58. The van der Waals surface area contributed by atoms with E-state index in [0.717, 1.165) is 0 Å². The van der Waals surface area contributed by atoms with Crippen molar-refractivity contribution in [1.29, 1.82) is 0 Å². The summed E-state index contributed by atoms with van der Waals surface area (Å²) in [6.07, 6.45) is 0.689. The SMILES string of the molecule is CCC(CNc1cccc(F)c1)C(=O)OC. The molecule has 0 bridgehead atoms. The summed E-state index contributed by atoms with van der Waals surface area (Å²) in [4.78, 5) is 11.3. The van der Waals surface area contributed by atoms with Gasteiger partial charge in [-0.15, -0.1) is 0 Å². The predicted molar refractivity (Wildman–Crippen MR) is 60.7 cm³/mol. The molecule has 1 aromatic carbocycles. The first-order valence-corrected chi connectivity index (χ1v) is 5.24. The molecule has 0 aromatic heterocycles. The number of methoxy groups -OCH3 is 1. The molecular formula is C12H16FNO2. The van der Waals surface area contributed by atoms with E-state index in [1.54, 1.807) is 12.1 Å². The Morgan fingerprint density at radius 3 is 2.88 bits per heavy atom. The van der Waals surface area contributed by atoms with Crippen molar-refractivity contribution >= 4 is 11.7 Å². The monoisotopic (exact) mass is 225 g/mol. The van der Waals surface area contributed by atoms with Gasteiger partial charge in [-0.25, -0.2) is 4.39 Å². The van der Waals surface area contributed by atoms with E-state index in [4.69, 9.17) is 0 Å². The van der Waals surface area contributed by atoms with Gasteiger partial charge in [0.15, 0.2) is 0 Å². The third-order valence-electron chi connectivity index (χ3n) is 2.40. The van der Waals surface area contributed by atoms with E-state index in [9.17, 15) is 9.18 Å². The molecule has 0 aliphatic carbocycles. The molecule has 1 atom stereocenters. The van der Waals surface area contributed by atoms with Gasteiger partial charge in [0, 0.05) is 12.2 Å². The molecule has 0 radical (unpaired) electrons. The number of carbonyl (C=O) groups excluding carboxylic acids is 1. The Morgan fingerprint density at radius 1 is 1.56 bits per heavy atom. The topological polar surface area (TPSA) is 38.3 Å². The van der Waals surface area contributed by atoms with Crippen molar-refractivity contribution in [1.82, 2.24) is 0 Å². The number of ether oxygens (including phenoxy) is 1. The van der Waals surface area contributed by atoms with Gasteiger partial charge in [-0.2, -0.15) is 0 Å². The Kier molecular flexibility index (Phi) is 4.76. The lowest BCUT2D eigenvalue weighted by Crippen LogP contribution is -2.23. The van der Waals surface area contributed by atoms with Gasteiger partial charge < -0.3 is 10.1 Å². The molecule has 0 spiro atoms. The fraction of sp³-hybridized carbons (Fsp3) is 0.417. The second-order valence-electron chi connectivity index (χ2n) is 3.52. The largest absolute Gasteiger partial charge is 0.469 e. The Labute approximate surface area is 94.6 Å². The quantitative estimate of drug-likeness (QED) is 0.782. The summed E-state index contributed by atoms with van der Waals surface area (Å²) in [6, 6.07) is 6.15. The molecule has 0 fully saturated rings. The van der Waals surface area contributed by atoms with Crippen molar-refractivity contribution in [2.24, 2.45) is 5.92 Å². The van der Waals surface area contributed by atoms with Crippen molar-refractivity contribution in [3.63, 3.8) is 0 Å². The molecule has 3 nitrogen and oxygen atoms in total. The average Bonchev–Trinajstić information content (AvgIpc) is 2.29. The minimum atomic E-state index is -0.295. The highest BCUT2D eigenvalue weighted by molar-refractivity contribution is 5.73. The van der Waals surface area contributed by atoms with Gasteiger partial charge in [0.2, 0.25) is 0 Å². The molecule has 4 heteroatoms. The van der Waals surface area contributed by atoms with Gasteiger partial charge in [-0.1, -0.05) is 13.0 Å². The van der Waals surface area contributed by atoms with Crippen LogP contribution in [0.4, 0.5) is 10.1 Å². The molecule has 0 heterocycles. The molecule has 0 aliphatic rings. The van der Waals surface area contributed by atoms with Crippen LogP contribution in [0, 0.1) is 11.7 Å². The van der Waals surface area contributed by atoms with Crippen LogP contribution >= 0.6 is 0 Å². The van der Waals surface area contributed by atoms with Gasteiger partial charge in [0.1, 0.15) is 5.82 Å². The first-order chi connectivity index (χ1) is 7.67. The molecule has 16 heavy (non-hydrogen) atoms. The van der Waals surface area contributed by atoms with Gasteiger partial charge in [-0.05, 0) is 24.6 Å². The van der Waals surface area contributed by atoms with Crippen LogP contribution in [0.5, 0.6) is 0 Å². The Morgan fingerprint density at radius 2 is 2.31 bits per heavy atom.